The van der Waals surface area contributed by atoms with E-state index in [4.69, 9.17) is 0 Å². The van der Waals surface area contributed by atoms with Gasteiger partial charge in [-0.1, -0.05) is 0 Å². The predicted octanol–water partition coefficient (Wildman–Crippen LogP) is 3.24. The van der Waals surface area contributed by atoms with Gasteiger partial charge in [0.1, 0.15) is 6.54 Å². The molecule has 0 spiro atoms. The summed E-state index contributed by atoms with van der Waals surface area (Å²) in [6, 6.07) is 4.16. The highest BCUT2D eigenvalue weighted by atomic mass is 19.4. The van der Waals surface area contributed by atoms with Crippen molar-refractivity contribution in [1.82, 2.24) is 14.7 Å². The van der Waals surface area contributed by atoms with Gasteiger partial charge < -0.3 is 10.2 Å². The Balaban J connectivity index is 1.83. The molecule has 29 heavy (non-hydrogen) atoms. The summed E-state index contributed by atoms with van der Waals surface area (Å²) in [6.07, 6.45) is -6.92. The molecule has 1 aromatic heterocycles. The smallest absolute Gasteiger partial charge is 0.333 e. The maximum Gasteiger partial charge on any atom is 0.416 e. The van der Waals surface area contributed by atoms with E-state index >= 15 is 0 Å². The number of hydrogen-bond acceptors (Lipinski definition) is 3. The van der Waals surface area contributed by atoms with E-state index in [1.165, 1.54) is 23.1 Å². The van der Waals surface area contributed by atoms with Gasteiger partial charge in [0.2, 0.25) is 11.8 Å². The molecule has 2 aromatic rings. The molecule has 1 aromatic carbocycles. The monoisotopic (exact) mass is 420 g/mol. The molecular weight excluding hydrogens is 406 g/mol. The number of rotatable bonds is 4. The Labute approximate surface area is 160 Å². The minimum atomic E-state index is -4.67. The lowest BCUT2D eigenvalue weighted by molar-refractivity contribution is -0.157. The average Bonchev–Trinajstić information content (AvgIpc) is 3.23. The maximum absolute atomic E-state index is 13.0. The Bertz CT molecular complexity index is 908. The Morgan fingerprint density at radius 2 is 1.93 bits per heavy atom. The number of aromatic nitrogens is 2. The summed E-state index contributed by atoms with van der Waals surface area (Å²) in [4.78, 5) is 24.7. The molecule has 12 heteroatoms. The van der Waals surface area contributed by atoms with Gasteiger partial charge in [-0.15, -0.1) is 0 Å². The Morgan fingerprint density at radius 3 is 2.52 bits per heavy atom. The third kappa shape index (κ3) is 4.87. The van der Waals surface area contributed by atoms with Crippen LogP contribution in [-0.2, 0) is 15.8 Å². The Kier molecular flexibility index (Phi) is 5.28. The number of carbonyl (C=O) groups excluding carboxylic acids is 2. The van der Waals surface area contributed by atoms with Crippen molar-refractivity contribution in [1.29, 1.82) is 0 Å². The van der Waals surface area contributed by atoms with Crippen LogP contribution >= 0.6 is 0 Å². The van der Waals surface area contributed by atoms with Crippen molar-refractivity contribution in [3.63, 3.8) is 0 Å². The summed E-state index contributed by atoms with van der Waals surface area (Å²) in [5.74, 6) is -2.82. The zero-order chi connectivity index (χ0) is 21.4. The standard InChI is InChI=1S/C17H14F6N4O2/c18-16(19,20)9-26-8-10(6-14(26)28)15(29)25-12-7-11(17(21,22)23)2-3-13(12)27-5-1-4-24-27/h1-5,7,10H,6,8-9H2,(H,25,29). The fourth-order valence-electron chi connectivity index (χ4n) is 2.98. The van der Waals surface area contributed by atoms with Crippen molar-refractivity contribution in [2.24, 2.45) is 5.92 Å². The highest BCUT2D eigenvalue weighted by Crippen LogP contribution is 2.34. The first-order chi connectivity index (χ1) is 13.4. The van der Waals surface area contributed by atoms with Crippen LogP contribution in [0.15, 0.2) is 36.7 Å². The zero-order valence-electron chi connectivity index (χ0n) is 14.6. The van der Waals surface area contributed by atoms with Crippen molar-refractivity contribution >= 4 is 17.5 Å². The summed E-state index contributed by atoms with van der Waals surface area (Å²) in [5.41, 5.74) is -1.12. The van der Waals surface area contributed by atoms with Gasteiger partial charge in [-0.3, -0.25) is 9.59 Å². The fraction of sp³-hybridized carbons (Fsp3) is 0.353. The maximum atomic E-state index is 13.0. The molecule has 6 nitrogen and oxygen atoms in total. The quantitative estimate of drug-likeness (QED) is 0.773. The van der Waals surface area contributed by atoms with Crippen LogP contribution in [0.4, 0.5) is 32.0 Å². The minimum Gasteiger partial charge on any atom is -0.333 e. The van der Waals surface area contributed by atoms with E-state index in [2.05, 4.69) is 10.4 Å². The van der Waals surface area contributed by atoms with Crippen molar-refractivity contribution in [2.75, 3.05) is 18.4 Å². The lowest BCUT2D eigenvalue weighted by Crippen LogP contribution is -2.36. The molecule has 1 saturated heterocycles. The second-order valence-electron chi connectivity index (χ2n) is 6.46. The van der Waals surface area contributed by atoms with E-state index in [0.29, 0.717) is 11.0 Å². The number of alkyl halides is 6. The molecule has 1 N–H and O–H groups in total. The number of carbonyl (C=O) groups is 2. The molecule has 1 atom stereocenters. The van der Waals surface area contributed by atoms with Crippen LogP contribution in [0, 0.1) is 5.92 Å². The van der Waals surface area contributed by atoms with E-state index in [9.17, 15) is 35.9 Å². The summed E-state index contributed by atoms with van der Waals surface area (Å²) < 4.78 is 77.9. The Morgan fingerprint density at radius 1 is 1.21 bits per heavy atom. The summed E-state index contributed by atoms with van der Waals surface area (Å²) in [5, 5.41) is 6.20. The van der Waals surface area contributed by atoms with Gasteiger partial charge in [0.05, 0.1) is 22.9 Å². The van der Waals surface area contributed by atoms with E-state index in [1.807, 2.05) is 0 Å². The van der Waals surface area contributed by atoms with Crippen LogP contribution < -0.4 is 5.32 Å². The fourth-order valence-corrected chi connectivity index (χ4v) is 2.98. The van der Waals surface area contributed by atoms with Gasteiger partial charge in [0.15, 0.2) is 0 Å². The number of halogens is 6. The zero-order valence-corrected chi connectivity index (χ0v) is 14.6. The second kappa shape index (κ2) is 7.41. The molecule has 1 unspecified atom stereocenters. The van der Waals surface area contributed by atoms with Crippen molar-refractivity contribution in [3.8, 4) is 5.69 Å². The van der Waals surface area contributed by atoms with Crippen LogP contribution in [-0.4, -0.2) is 45.8 Å². The number of hydrogen-bond donors (Lipinski definition) is 1. The summed E-state index contributed by atoms with van der Waals surface area (Å²) in [7, 11) is 0. The SMILES string of the molecule is O=C(Nc1cc(C(F)(F)F)ccc1-n1cccn1)C1CC(=O)N(CC(F)(F)F)C1. The van der Waals surface area contributed by atoms with Crippen LogP contribution in [0.3, 0.4) is 0 Å². The lowest BCUT2D eigenvalue weighted by atomic mass is 10.1. The highest BCUT2D eigenvalue weighted by Gasteiger charge is 2.41. The van der Waals surface area contributed by atoms with Gasteiger partial charge >= 0.3 is 12.4 Å². The predicted molar refractivity (Wildman–Crippen MR) is 87.9 cm³/mol. The van der Waals surface area contributed by atoms with E-state index < -0.39 is 55.2 Å². The number of amides is 2. The minimum absolute atomic E-state index is 0.132. The van der Waals surface area contributed by atoms with Crippen LogP contribution in [0.25, 0.3) is 5.69 Å². The normalized spacial score (nSPS) is 17.7. The van der Waals surface area contributed by atoms with Crippen LogP contribution in [0.1, 0.15) is 12.0 Å². The molecular formula is C17H14F6N4O2. The third-order valence-electron chi connectivity index (χ3n) is 4.29. The van der Waals surface area contributed by atoms with Gasteiger partial charge in [-0.25, -0.2) is 4.68 Å². The van der Waals surface area contributed by atoms with Crippen molar-refractivity contribution < 1.29 is 35.9 Å². The second-order valence-corrected chi connectivity index (χ2v) is 6.46. The van der Waals surface area contributed by atoms with Crippen molar-refractivity contribution in [2.45, 2.75) is 18.8 Å². The molecule has 1 aliphatic rings. The van der Waals surface area contributed by atoms with Crippen LogP contribution in [0.2, 0.25) is 0 Å². The number of benzene rings is 1. The summed E-state index contributed by atoms with van der Waals surface area (Å²) in [6.45, 7) is -1.96. The van der Waals surface area contributed by atoms with Crippen LogP contribution in [0.5, 0.6) is 0 Å². The molecule has 3 rings (SSSR count). The first kappa shape index (κ1) is 20.7. The van der Waals surface area contributed by atoms with Gasteiger partial charge in [-0.2, -0.15) is 31.4 Å². The molecule has 156 valence electrons. The molecule has 2 amide bonds. The molecule has 0 bridgehead atoms. The van der Waals surface area contributed by atoms with Crippen molar-refractivity contribution in [3.05, 3.63) is 42.2 Å². The van der Waals surface area contributed by atoms with E-state index in [-0.39, 0.29) is 11.4 Å². The molecule has 0 radical (unpaired) electrons. The Hall–Kier alpha value is -3.05. The number of likely N-dealkylation sites (tertiary alicyclic amines) is 1. The topological polar surface area (TPSA) is 67.2 Å². The molecule has 1 aliphatic heterocycles. The largest absolute Gasteiger partial charge is 0.416 e. The first-order valence-corrected chi connectivity index (χ1v) is 8.31. The number of nitrogens with zero attached hydrogens (tertiary/aromatic N) is 3. The molecule has 0 saturated carbocycles. The number of nitrogens with one attached hydrogen (secondary N) is 1. The lowest BCUT2D eigenvalue weighted by Gasteiger charge is -2.19. The van der Waals surface area contributed by atoms with E-state index in [0.717, 1.165) is 12.1 Å². The van der Waals surface area contributed by atoms with E-state index in [1.54, 1.807) is 0 Å². The third-order valence-corrected chi connectivity index (χ3v) is 4.29. The first-order valence-electron chi connectivity index (χ1n) is 8.31. The molecule has 1 fully saturated rings. The van der Waals surface area contributed by atoms with Gasteiger partial charge in [0.25, 0.3) is 0 Å². The molecule has 2 heterocycles. The molecule has 0 aliphatic carbocycles. The average molecular weight is 420 g/mol. The number of anilines is 1. The van der Waals surface area contributed by atoms with Gasteiger partial charge in [-0.05, 0) is 24.3 Å². The summed E-state index contributed by atoms with van der Waals surface area (Å²) >= 11 is 0. The highest BCUT2D eigenvalue weighted by molar-refractivity contribution is 5.98. The van der Waals surface area contributed by atoms with Gasteiger partial charge in [0, 0.05) is 25.4 Å².